The lowest BCUT2D eigenvalue weighted by atomic mass is 9.98. The second kappa shape index (κ2) is 8.17. The molecule has 4 heterocycles. The Morgan fingerprint density at radius 1 is 1.06 bits per heavy atom. The van der Waals surface area contributed by atoms with E-state index in [1.54, 1.807) is 18.2 Å². The van der Waals surface area contributed by atoms with E-state index in [-0.39, 0.29) is 17.3 Å². The van der Waals surface area contributed by atoms with E-state index >= 15 is 0 Å². The molecule has 1 saturated heterocycles. The normalized spacial score (nSPS) is 25.7. The maximum atomic E-state index is 11.5. The van der Waals surface area contributed by atoms with E-state index < -0.39 is 36.6 Å². The fourth-order valence-electron chi connectivity index (χ4n) is 3.23. The van der Waals surface area contributed by atoms with Gasteiger partial charge >= 0.3 is 12.0 Å². The molecule has 158 valence electrons. The Balaban J connectivity index is 1.86. The highest BCUT2D eigenvalue weighted by molar-refractivity contribution is 5.73. The minimum Gasteiger partial charge on any atom is -0.479 e. The summed E-state index contributed by atoms with van der Waals surface area (Å²) in [7, 11) is 0. The minimum atomic E-state index is -1.84. The Labute approximate surface area is 174 Å². The Kier molecular flexibility index (Phi) is 5.40. The SMILES string of the molecule is [NH+]#Cc1cc(-c2nc(-c3ccncc3)nn2C2O[C@H](C(=O)O)[C@@H](O)[C@H](O)[C@H]2O)ccn1. The smallest absolute Gasteiger partial charge is 0.335 e. The van der Waals surface area contributed by atoms with Gasteiger partial charge in [-0.25, -0.2) is 19.4 Å². The Bertz CT molecular complexity index is 1150. The van der Waals surface area contributed by atoms with Crippen LogP contribution in [0.15, 0.2) is 42.9 Å². The number of pyridine rings is 2. The molecule has 3 aromatic rings. The lowest BCUT2D eigenvalue weighted by molar-refractivity contribution is -0.248. The number of aliphatic hydroxyl groups excluding tert-OH is 3. The first kappa shape index (κ1) is 20.5. The highest BCUT2D eigenvalue weighted by atomic mass is 16.6. The molecule has 1 aliphatic heterocycles. The van der Waals surface area contributed by atoms with Crippen molar-refractivity contribution in [2.24, 2.45) is 0 Å². The average Bonchev–Trinajstić information content (AvgIpc) is 3.23. The van der Waals surface area contributed by atoms with Crippen LogP contribution in [0.4, 0.5) is 0 Å². The van der Waals surface area contributed by atoms with Crippen LogP contribution in [-0.2, 0) is 9.53 Å². The summed E-state index contributed by atoms with van der Waals surface area (Å²) < 4.78 is 6.55. The maximum Gasteiger partial charge on any atom is 0.335 e. The third-order valence-corrected chi connectivity index (χ3v) is 4.79. The number of hydrogen-bond donors (Lipinski definition) is 5. The van der Waals surface area contributed by atoms with Gasteiger partial charge in [0.25, 0.3) is 0 Å². The summed E-state index contributed by atoms with van der Waals surface area (Å²) in [6.45, 7) is 0. The molecule has 12 nitrogen and oxygen atoms in total. The Hall–Kier alpha value is -3.76. The van der Waals surface area contributed by atoms with Gasteiger partial charge in [0.2, 0.25) is 0 Å². The number of aliphatic carboxylic acids is 1. The Morgan fingerprint density at radius 2 is 1.77 bits per heavy atom. The molecule has 12 heteroatoms. The number of carboxylic acids is 1. The number of aliphatic hydroxyl groups is 3. The highest BCUT2D eigenvalue weighted by Crippen LogP contribution is 2.33. The summed E-state index contributed by atoms with van der Waals surface area (Å²) in [4.78, 5) is 23.9. The molecule has 0 spiro atoms. The van der Waals surface area contributed by atoms with Crippen molar-refractivity contribution in [1.82, 2.24) is 24.7 Å². The van der Waals surface area contributed by atoms with Gasteiger partial charge in [0.1, 0.15) is 18.3 Å². The largest absolute Gasteiger partial charge is 0.479 e. The first-order chi connectivity index (χ1) is 14.9. The minimum absolute atomic E-state index is 0.155. The van der Waals surface area contributed by atoms with Crippen LogP contribution in [0.25, 0.3) is 22.8 Å². The van der Waals surface area contributed by atoms with Gasteiger partial charge in [-0.15, -0.1) is 5.10 Å². The zero-order valence-corrected chi connectivity index (χ0v) is 15.8. The summed E-state index contributed by atoms with van der Waals surface area (Å²) in [6, 6.07) is 8.55. The van der Waals surface area contributed by atoms with Crippen molar-refractivity contribution in [3.8, 4) is 28.8 Å². The molecule has 1 unspecified atom stereocenters. The Morgan fingerprint density at radius 3 is 2.45 bits per heavy atom. The average molecular weight is 425 g/mol. The number of nitrogens with zero attached hydrogens (tertiary/aromatic N) is 5. The van der Waals surface area contributed by atoms with Gasteiger partial charge in [-0.2, -0.15) is 0 Å². The van der Waals surface area contributed by atoms with Gasteiger partial charge in [-0.1, -0.05) is 5.26 Å². The molecule has 4 rings (SSSR count). The van der Waals surface area contributed by atoms with Crippen molar-refractivity contribution in [2.45, 2.75) is 30.6 Å². The third kappa shape index (κ3) is 3.74. The maximum absolute atomic E-state index is 11.5. The van der Waals surface area contributed by atoms with Crippen molar-refractivity contribution >= 4 is 5.97 Å². The summed E-state index contributed by atoms with van der Waals surface area (Å²) in [5.41, 5.74) is 1.23. The summed E-state index contributed by atoms with van der Waals surface area (Å²) >= 11 is 0. The molecule has 31 heavy (non-hydrogen) atoms. The van der Waals surface area contributed by atoms with Crippen LogP contribution < -0.4 is 5.26 Å². The van der Waals surface area contributed by atoms with Gasteiger partial charge < -0.3 is 25.2 Å². The molecule has 5 N–H and O–H groups in total. The molecule has 0 aliphatic carbocycles. The molecule has 0 amide bonds. The lowest BCUT2D eigenvalue weighted by Gasteiger charge is -2.38. The van der Waals surface area contributed by atoms with Gasteiger partial charge in [0, 0.05) is 29.7 Å². The molecule has 3 aromatic heterocycles. The molecule has 0 aromatic carbocycles. The molecule has 1 aliphatic rings. The zero-order chi connectivity index (χ0) is 22.1. The lowest BCUT2D eigenvalue weighted by Crippen LogP contribution is -2.58. The number of aromatic nitrogens is 5. The first-order valence-corrected chi connectivity index (χ1v) is 9.09. The molecular weight excluding hydrogens is 408 g/mol. The monoisotopic (exact) mass is 425 g/mol. The summed E-state index contributed by atoms with van der Waals surface area (Å²) in [5, 5.41) is 51.7. The number of carboxylic acid groups (broad SMARTS) is 1. The predicted molar refractivity (Wildman–Crippen MR) is 100 cm³/mol. The van der Waals surface area contributed by atoms with Gasteiger partial charge in [0.05, 0.1) is 0 Å². The molecule has 0 radical (unpaired) electrons. The van der Waals surface area contributed by atoms with E-state index in [9.17, 15) is 25.2 Å². The second-order valence-corrected chi connectivity index (χ2v) is 6.75. The van der Waals surface area contributed by atoms with E-state index in [0.717, 1.165) is 4.68 Å². The van der Waals surface area contributed by atoms with Crippen molar-refractivity contribution in [3.05, 3.63) is 48.5 Å². The summed E-state index contributed by atoms with van der Waals surface area (Å²) in [6.07, 6.45) is -4.11. The number of carbonyl (C=O) groups is 1. The van der Waals surface area contributed by atoms with E-state index in [1.807, 2.05) is 0 Å². The van der Waals surface area contributed by atoms with E-state index in [0.29, 0.717) is 11.1 Å². The second-order valence-electron chi connectivity index (χ2n) is 6.75. The number of nitrogens with one attached hydrogen (secondary N) is 1. The van der Waals surface area contributed by atoms with Crippen LogP contribution in [0.1, 0.15) is 11.9 Å². The number of hydrogen-bond acceptors (Lipinski definition) is 9. The van der Waals surface area contributed by atoms with E-state index in [2.05, 4.69) is 26.1 Å². The van der Waals surface area contributed by atoms with Crippen LogP contribution >= 0.6 is 0 Å². The quantitative estimate of drug-likeness (QED) is 0.301. The predicted octanol–water partition coefficient (Wildman–Crippen LogP) is -2.41. The van der Waals surface area contributed by atoms with Crippen LogP contribution in [0, 0.1) is 6.07 Å². The van der Waals surface area contributed by atoms with Gasteiger partial charge in [-0.05, 0) is 24.3 Å². The fraction of sp³-hybridized carbons (Fsp3) is 0.263. The molecule has 5 atom stereocenters. The molecule has 0 saturated carbocycles. The summed E-state index contributed by atoms with van der Waals surface area (Å²) in [5.74, 6) is -1.13. The van der Waals surface area contributed by atoms with Gasteiger partial charge in [-0.3, -0.25) is 4.98 Å². The van der Waals surface area contributed by atoms with Crippen LogP contribution in [0.3, 0.4) is 0 Å². The third-order valence-electron chi connectivity index (χ3n) is 4.79. The standard InChI is InChI=1S/C19H16N6O6/c20-8-11-7-10(3-6-22-11)17-23-16(9-1-4-21-5-2-9)24-25(17)18-14(28)12(26)13(27)15(31-18)19(29)30/h1-7,12-15,18,26-28H,(H,29,30)/p+1/t12-,13-,14+,15-,18?/m0/s1. The zero-order valence-electron chi connectivity index (χ0n) is 15.8. The number of ether oxygens (including phenoxy) is 1. The van der Waals surface area contributed by atoms with Gasteiger partial charge in [0.15, 0.2) is 29.7 Å². The van der Waals surface area contributed by atoms with Crippen LogP contribution in [0.5, 0.6) is 0 Å². The van der Waals surface area contributed by atoms with Crippen molar-refractivity contribution in [3.63, 3.8) is 0 Å². The molecule has 1 fully saturated rings. The van der Waals surface area contributed by atoms with E-state index in [1.165, 1.54) is 24.7 Å². The fourth-order valence-corrected chi connectivity index (χ4v) is 3.23. The van der Waals surface area contributed by atoms with Crippen molar-refractivity contribution in [2.75, 3.05) is 0 Å². The molecule has 0 bridgehead atoms. The highest BCUT2D eigenvalue weighted by Gasteiger charge is 2.48. The molecular formula is C19H17N6O6+. The van der Waals surface area contributed by atoms with Crippen LogP contribution in [0.2, 0.25) is 0 Å². The first-order valence-electron chi connectivity index (χ1n) is 9.09. The topological polar surface area (TPSA) is 188 Å². The van der Waals surface area contributed by atoms with E-state index in [4.69, 9.17) is 10.00 Å². The number of rotatable bonds is 4. The van der Waals surface area contributed by atoms with Crippen LogP contribution in [-0.4, -0.2) is 75.5 Å². The van der Waals surface area contributed by atoms with Crippen molar-refractivity contribution in [1.29, 1.82) is 0 Å². The van der Waals surface area contributed by atoms with Crippen molar-refractivity contribution < 1.29 is 35.2 Å².